The number of halogens is 1. The maximum Gasteiger partial charge on any atom is 0.264 e. The molecule has 0 spiro atoms. The molecular formula is C6H7BrN2O. The first-order chi connectivity index (χ1) is 4.71. The van der Waals surface area contributed by atoms with Crippen molar-refractivity contribution in [2.75, 3.05) is 0 Å². The van der Waals surface area contributed by atoms with Crippen LogP contribution in [0, 0.1) is 0 Å². The lowest BCUT2D eigenvalue weighted by Gasteiger charge is -1.99. The SMILES string of the molecule is NC1(c2cnc(Br)o2)CC1. The van der Waals surface area contributed by atoms with E-state index in [1.807, 2.05) is 0 Å². The minimum atomic E-state index is -0.195. The van der Waals surface area contributed by atoms with E-state index >= 15 is 0 Å². The zero-order chi connectivity index (χ0) is 7.19. The van der Waals surface area contributed by atoms with Gasteiger partial charge in [0, 0.05) is 15.9 Å². The smallest absolute Gasteiger partial charge is 0.264 e. The molecule has 0 aromatic carbocycles. The van der Waals surface area contributed by atoms with Gasteiger partial charge in [0.15, 0.2) is 0 Å². The Hall–Kier alpha value is -0.350. The first-order valence-electron chi connectivity index (χ1n) is 3.11. The number of nitrogens with zero attached hydrogens (tertiary/aromatic N) is 1. The van der Waals surface area contributed by atoms with Gasteiger partial charge in [0.25, 0.3) is 4.80 Å². The monoisotopic (exact) mass is 202 g/mol. The van der Waals surface area contributed by atoms with Gasteiger partial charge in [0.1, 0.15) is 5.76 Å². The molecule has 1 aliphatic rings. The fourth-order valence-corrected chi connectivity index (χ4v) is 1.14. The first-order valence-corrected chi connectivity index (χ1v) is 3.91. The number of aromatic nitrogens is 1. The van der Waals surface area contributed by atoms with Crippen LogP contribution in [-0.4, -0.2) is 4.98 Å². The summed E-state index contributed by atoms with van der Waals surface area (Å²) in [5, 5.41) is 0. The van der Waals surface area contributed by atoms with Gasteiger partial charge in [0.05, 0.1) is 11.7 Å². The van der Waals surface area contributed by atoms with E-state index in [0.717, 1.165) is 18.6 Å². The summed E-state index contributed by atoms with van der Waals surface area (Å²) in [6, 6.07) is 0. The van der Waals surface area contributed by atoms with Gasteiger partial charge in [-0.1, -0.05) is 0 Å². The van der Waals surface area contributed by atoms with Crippen LogP contribution in [0.5, 0.6) is 0 Å². The van der Waals surface area contributed by atoms with Crippen molar-refractivity contribution in [3.63, 3.8) is 0 Å². The average Bonchev–Trinajstić information content (AvgIpc) is 2.45. The molecule has 1 aromatic heterocycles. The van der Waals surface area contributed by atoms with Gasteiger partial charge < -0.3 is 10.2 Å². The third-order valence-corrected chi connectivity index (χ3v) is 2.12. The van der Waals surface area contributed by atoms with Crippen molar-refractivity contribution in [2.24, 2.45) is 5.73 Å². The van der Waals surface area contributed by atoms with Crippen molar-refractivity contribution < 1.29 is 4.42 Å². The lowest BCUT2D eigenvalue weighted by molar-refractivity contribution is 0.436. The Labute approximate surface area is 66.7 Å². The second kappa shape index (κ2) is 1.83. The zero-order valence-corrected chi connectivity index (χ0v) is 6.89. The van der Waals surface area contributed by atoms with E-state index in [2.05, 4.69) is 20.9 Å². The summed E-state index contributed by atoms with van der Waals surface area (Å²) < 4.78 is 5.19. The number of hydrogen-bond acceptors (Lipinski definition) is 3. The van der Waals surface area contributed by atoms with E-state index in [1.165, 1.54) is 0 Å². The highest BCUT2D eigenvalue weighted by molar-refractivity contribution is 9.10. The summed E-state index contributed by atoms with van der Waals surface area (Å²) >= 11 is 3.12. The Morgan fingerprint density at radius 2 is 2.40 bits per heavy atom. The van der Waals surface area contributed by atoms with Crippen LogP contribution in [0.15, 0.2) is 15.4 Å². The van der Waals surface area contributed by atoms with Crippen molar-refractivity contribution in [3.8, 4) is 0 Å². The number of hydrogen-bond donors (Lipinski definition) is 1. The third-order valence-electron chi connectivity index (χ3n) is 1.76. The summed E-state index contributed by atoms with van der Waals surface area (Å²) in [7, 11) is 0. The quantitative estimate of drug-likeness (QED) is 0.750. The Bertz CT molecular complexity index is 254. The second-order valence-electron chi connectivity index (χ2n) is 2.63. The molecule has 0 amide bonds. The van der Waals surface area contributed by atoms with Gasteiger partial charge in [-0.25, -0.2) is 4.98 Å². The molecule has 10 heavy (non-hydrogen) atoms. The van der Waals surface area contributed by atoms with E-state index in [9.17, 15) is 0 Å². The molecule has 0 aliphatic heterocycles. The first kappa shape index (κ1) is 6.37. The van der Waals surface area contributed by atoms with Crippen molar-refractivity contribution in [2.45, 2.75) is 18.4 Å². The van der Waals surface area contributed by atoms with Crippen LogP contribution >= 0.6 is 15.9 Å². The lowest BCUT2D eigenvalue weighted by atomic mass is 10.2. The maximum absolute atomic E-state index is 5.83. The highest BCUT2D eigenvalue weighted by atomic mass is 79.9. The van der Waals surface area contributed by atoms with E-state index in [-0.39, 0.29) is 5.54 Å². The van der Waals surface area contributed by atoms with Crippen molar-refractivity contribution in [1.82, 2.24) is 4.98 Å². The fraction of sp³-hybridized carbons (Fsp3) is 0.500. The van der Waals surface area contributed by atoms with Gasteiger partial charge in [-0.2, -0.15) is 0 Å². The molecule has 0 saturated heterocycles. The minimum absolute atomic E-state index is 0.195. The molecule has 0 radical (unpaired) electrons. The molecule has 0 bridgehead atoms. The van der Waals surface area contributed by atoms with Crippen LogP contribution in [0.4, 0.5) is 0 Å². The van der Waals surface area contributed by atoms with E-state index in [4.69, 9.17) is 10.2 Å². The number of rotatable bonds is 1. The van der Waals surface area contributed by atoms with Gasteiger partial charge in [-0.3, -0.25) is 0 Å². The van der Waals surface area contributed by atoms with Crippen LogP contribution in [0.3, 0.4) is 0 Å². The molecule has 4 heteroatoms. The minimum Gasteiger partial charge on any atom is -0.434 e. The fourth-order valence-electron chi connectivity index (χ4n) is 0.864. The number of nitrogens with two attached hydrogens (primary N) is 1. The Morgan fingerprint density at radius 3 is 2.80 bits per heavy atom. The molecule has 1 fully saturated rings. The number of oxazole rings is 1. The third kappa shape index (κ3) is 0.876. The molecule has 1 heterocycles. The van der Waals surface area contributed by atoms with Gasteiger partial charge >= 0.3 is 0 Å². The zero-order valence-electron chi connectivity index (χ0n) is 5.30. The van der Waals surface area contributed by atoms with Crippen LogP contribution in [0.25, 0.3) is 0 Å². The Kier molecular flexibility index (Phi) is 1.16. The van der Waals surface area contributed by atoms with Gasteiger partial charge in [0.2, 0.25) is 0 Å². The van der Waals surface area contributed by atoms with E-state index in [1.54, 1.807) is 6.20 Å². The molecule has 1 aliphatic carbocycles. The molecule has 54 valence electrons. The van der Waals surface area contributed by atoms with Gasteiger partial charge in [-0.05, 0) is 12.8 Å². The topological polar surface area (TPSA) is 52.0 Å². The molecule has 0 atom stereocenters. The summed E-state index contributed by atoms with van der Waals surface area (Å²) in [6.45, 7) is 0. The molecule has 2 rings (SSSR count). The van der Waals surface area contributed by atoms with Crippen LogP contribution in [-0.2, 0) is 5.54 Å². The Balaban J connectivity index is 2.34. The largest absolute Gasteiger partial charge is 0.434 e. The average molecular weight is 203 g/mol. The summed E-state index contributed by atoms with van der Waals surface area (Å²) in [5.41, 5.74) is 5.63. The van der Waals surface area contributed by atoms with Gasteiger partial charge in [-0.15, -0.1) is 0 Å². The second-order valence-corrected chi connectivity index (χ2v) is 3.31. The van der Waals surface area contributed by atoms with E-state index < -0.39 is 0 Å². The molecule has 1 saturated carbocycles. The van der Waals surface area contributed by atoms with Crippen LogP contribution in [0.1, 0.15) is 18.6 Å². The van der Waals surface area contributed by atoms with Crippen molar-refractivity contribution in [3.05, 3.63) is 16.8 Å². The standard InChI is InChI=1S/C6H7BrN2O/c7-5-9-3-4(10-5)6(8)1-2-6/h3H,1-2,8H2. The van der Waals surface area contributed by atoms with E-state index in [0.29, 0.717) is 4.80 Å². The summed E-state index contributed by atoms with van der Waals surface area (Å²) in [6.07, 6.45) is 3.69. The van der Waals surface area contributed by atoms with Crippen molar-refractivity contribution in [1.29, 1.82) is 0 Å². The predicted molar refractivity (Wildman–Crippen MR) is 39.3 cm³/mol. The summed E-state index contributed by atoms with van der Waals surface area (Å²) in [5.74, 6) is 0.791. The molecular weight excluding hydrogens is 196 g/mol. The highest BCUT2D eigenvalue weighted by Crippen LogP contribution is 2.43. The maximum atomic E-state index is 5.83. The molecule has 1 aromatic rings. The highest BCUT2D eigenvalue weighted by Gasteiger charge is 2.43. The Morgan fingerprint density at radius 1 is 1.70 bits per heavy atom. The summed E-state index contributed by atoms with van der Waals surface area (Å²) in [4.78, 5) is 4.41. The lowest BCUT2D eigenvalue weighted by Crippen LogP contribution is -2.17. The molecule has 0 unspecified atom stereocenters. The predicted octanol–water partition coefficient (Wildman–Crippen LogP) is 1.38. The van der Waals surface area contributed by atoms with Crippen LogP contribution in [0.2, 0.25) is 0 Å². The van der Waals surface area contributed by atoms with Crippen LogP contribution < -0.4 is 5.73 Å². The molecule has 3 nitrogen and oxygen atoms in total. The normalized spacial score (nSPS) is 21.0. The van der Waals surface area contributed by atoms with Crippen molar-refractivity contribution >= 4 is 15.9 Å². The molecule has 2 N–H and O–H groups in total.